The first-order valence-electron chi connectivity index (χ1n) is 9.91. The van der Waals surface area contributed by atoms with Crippen molar-refractivity contribution in [1.29, 1.82) is 0 Å². The minimum atomic E-state index is -0.518. The summed E-state index contributed by atoms with van der Waals surface area (Å²) in [5.74, 6) is -0.0831. The van der Waals surface area contributed by atoms with Crippen LogP contribution >= 0.6 is 11.6 Å². The molecule has 0 amide bonds. The van der Waals surface area contributed by atoms with Gasteiger partial charge in [-0.2, -0.15) is 0 Å². The van der Waals surface area contributed by atoms with Gasteiger partial charge in [0.05, 0.1) is 17.0 Å². The van der Waals surface area contributed by atoms with Crippen LogP contribution in [0.1, 0.15) is 64.1 Å². The molecule has 3 rings (SSSR count). The highest BCUT2D eigenvalue weighted by Crippen LogP contribution is 2.36. The number of imidazole rings is 1. The maximum Gasteiger partial charge on any atom is 0.272 e. The largest absolute Gasteiger partial charge is 0.507 e. The van der Waals surface area contributed by atoms with E-state index in [4.69, 9.17) is 11.6 Å². The molecule has 7 nitrogen and oxygen atoms in total. The van der Waals surface area contributed by atoms with Crippen LogP contribution in [0.25, 0.3) is 12.2 Å². The predicted molar refractivity (Wildman–Crippen MR) is 123 cm³/mol. The summed E-state index contributed by atoms with van der Waals surface area (Å²) in [5.41, 5.74) is 1.02. The fourth-order valence-corrected chi connectivity index (χ4v) is 3.79. The molecule has 0 spiro atoms. The van der Waals surface area contributed by atoms with Crippen LogP contribution in [0.5, 0.6) is 5.75 Å². The van der Waals surface area contributed by atoms with Crippen molar-refractivity contribution >= 4 is 23.8 Å². The van der Waals surface area contributed by atoms with Crippen molar-refractivity contribution in [3.63, 3.8) is 0 Å². The predicted octanol–water partition coefficient (Wildman–Crippen LogP) is 2.40. The monoisotopic (exact) mass is 442 g/mol. The summed E-state index contributed by atoms with van der Waals surface area (Å²) in [5, 5.41) is 10.7. The van der Waals surface area contributed by atoms with Crippen LogP contribution in [0.3, 0.4) is 0 Å². The van der Waals surface area contributed by atoms with Crippen LogP contribution in [-0.2, 0) is 10.8 Å². The number of phenolic OH excluding ortho intramolecular Hbond substituents is 1. The summed E-state index contributed by atoms with van der Waals surface area (Å²) in [6, 6.07) is 3.27. The van der Waals surface area contributed by atoms with Crippen LogP contribution in [0, 0.1) is 0 Å². The van der Waals surface area contributed by atoms with E-state index < -0.39 is 11.1 Å². The van der Waals surface area contributed by atoms with Crippen LogP contribution < -0.4 is 21.8 Å². The van der Waals surface area contributed by atoms with Gasteiger partial charge >= 0.3 is 0 Å². The fourth-order valence-electron chi connectivity index (χ4n) is 3.29. The van der Waals surface area contributed by atoms with Crippen molar-refractivity contribution in [2.45, 2.75) is 52.4 Å². The first kappa shape index (κ1) is 22.6. The van der Waals surface area contributed by atoms with E-state index in [1.165, 1.54) is 18.2 Å². The average Bonchev–Trinajstić information content (AvgIpc) is 3.10. The van der Waals surface area contributed by atoms with E-state index in [-0.39, 0.29) is 32.8 Å². The SMILES string of the molecule is CC(C)(C)c1ccc(O)c(/C=c2\[nH]c(=O)/c(=C/c3nc[nH]c3C(C)(C)C)[nH]c2=O)c1Cl. The Balaban J connectivity index is 2.20. The molecule has 0 aliphatic rings. The Labute approximate surface area is 184 Å². The number of aromatic nitrogens is 4. The summed E-state index contributed by atoms with van der Waals surface area (Å²) in [6.07, 6.45) is 4.46. The fraction of sp³-hybridized carbons (Fsp3) is 0.348. The Morgan fingerprint density at radius 2 is 1.52 bits per heavy atom. The Morgan fingerprint density at radius 3 is 2.06 bits per heavy atom. The van der Waals surface area contributed by atoms with Crippen molar-refractivity contribution in [2.75, 3.05) is 0 Å². The minimum absolute atomic E-state index is 0.0107. The molecule has 0 saturated heterocycles. The van der Waals surface area contributed by atoms with Gasteiger partial charge in [-0.1, -0.05) is 59.2 Å². The van der Waals surface area contributed by atoms with Gasteiger partial charge < -0.3 is 20.1 Å². The number of benzene rings is 1. The molecule has 2 heterocycles. The Morgan fingerprint density at radius 1 is 0.935 bits per heavy atom. The third kappa shape index (κ3) is 4.66. The maximum atomic E-state index is 12.7. The van der Waals surface area contributed by atoms with E-state index in [0.29, 0.717) is 10.7 Å². The van der Waals surface area contributed by atoms with Gasteiger partial charge in [0.2, 0.25) is 0 Å². The van der Waals surface area contributed by atoms with Crippen LogP contribution in [0.15, 0.2) is 28.0 Å². The van der Waals surface area contributed by atoms with Crippen molar-refractivity contribution in [1.82, 2.24) is 19.9 Å². The van der Waals surface area contributed by atoms with Crippen LogP contribution in [-0.4, -0.2) is 25.0 Å². The van der Waals surface area contributed by atoms with E-state index in [1.807, 2.05) is 41.5 Å². The van der Waals surface area contributed by atoms with E-state index >= 15 is 0 Å². The number of phenols is 1. The Kier molecular flexibility index (Phi) is 5.76. The van der Waals surface area contributed by atoms with Gasteiger partial charge in [-0.15, -0.1) is 0 Å². The van der Waals surface area contributed by atoms with E-state index in [1.54, 1.807) is 12.4 Å². The first-order chi connectivity index (χ1) is 14.3. The summed E-state index contributed by atoms with van der Waals surface area (Å²) in [7, 11) is 0. The molecule has 0 bridgehead atoms. The van der Waals surface area contributed by atoms with Gasteiger partial charge in [0.15, 0.2) is 0 Å². The average molecular weight is 443 g/mol. The van der Waals surface area contributed by atoms with Crippen molar-refractivity contribution in [3.8, 4) is 5.75 Å². The van der Waals surface area contributed by atoms with Gasteiger partial charge in [0.25, 0.3) is 11.1 Å². The number of aromatic hydroxyl groups is 1. The second-order valence-corrected chi connectivity index (χ2v) is 9.92. The smallest absolute Gasteiger partial charge is 0.272 e. The van der Waals surface area contributed by atoms with Gasteiger partial charge in [0.1, 0.15) is 16.4 Å². The molecule has 0 atom stereocenters. The number of rotatable bonds is 2. The number of aromatic amines is 3. The zero-order chi connectivity index (χ0) is 23.1. The molecular formula is C23H27ClN4O3. The molecule has 0 radical (unpaired) electrons. The lowest BCUT2D eigenvalue weighted by Crippen LogP contribution is -2.46. The highest BCUT2D eigenvalue weighted by atomic mass is 35.5. The molecule has 31 heavy (non-hydrogen) atoms. The topological polar surface area (TPSA) is 115 Å². The molecule has 0 aliphatic carbocycles. The standard InChI is InChI=1S/C23H27ClN4O3/c1-22(2,3)13-7-8-17(29)12(18(13)24)9-15-20(30)28-16(21(31)27-15)10-14-19(23(4,5)6)26-11-25-14/h7-11,29H,1-6H3,(H,25,26)(H,27,31)(H,28,30)/b15-9-,16-10-. The highest BCUT2D eigenvalue weighted by Gasteiger charge is 2.21. The number of halogens is 1. The summed E-state index contributed by atoms with van der Waals surface area (Å²) in [6.45, 7) is 12.0. The zero-order valence-electron chi connectivity index (χ0n) is 18.5. The summed E-state index contributed by atoms with van der Waals surface area (Å²) >= 11 is 6.51. The lowest BCUT2D eigenvalue weighted by atomic mass is 9.86. The molecule has 0 unspecified atom stereocenters. The molecular weight excluding hydrogens is 416 g/mol. The second kappa shape index (κ2) is 7.89. The van der Waals surface area contributed by atoms with E-state index in [9.17, 15) is 14.7 Å². The van der Waals surface area contributed by atoms with Gasteiger partial charge in [-0.3, -0.25) is 9.59 Å². The van der Waals surface area contributed by atoms with Crippen LogP contribution in [0.4, 0.5) is 0 Å². The molecule has 164 valence electrons. The summed E-state index contributed by atoms with van der Waals surface area (Å²) in [4.78, 5) is 37.8. The molecule has 3 aromatic rings. The maximum absolute atomic E-state index is 12.7. The van der Waals surface area contributed by atoms with Crippen LogP contribution in [0.2, 0.25) is 5.02 Å². The lowest BCUT2D eigenvalue weighted by molar-refractivity contribution is 0.472. The second-order valence-electron chi connectivity index (χ2n) is 9.55. The summed E-state index contributed by atoms with van der Waals surface area (Å²) < 4.78 is 0. The molecule has 0 saturated carbocycles. The zero-order valence-corrected chi connectivity index (χ0v) is 19.2. The van der Waals surface area contributed by atoms with E-state index in [2.05, 4.69) is 19.9 Å². The van der Waals surface area contributed by atoms with Crippen molar-refractivity contribution in [3.05, 3.63) is 77.4 Å². The van der Waals surface area contributed by atoms with Gasteiger partial charge in [-0.05, 0) is 29.2 Å². The molecule has 4 N–H and O–H groups in total. The molecule has 2 aromatic heterocycles. The molecule has 8 heteroatoms. The number of nitrogens with one attached hydrogen (secondary N) is 3. The normalized spacial score (nSPS) is 13.8. The number of nitrogens with zero attached hydrogens (tertiary/aromatic N) is 1. The Bertz CT molecular complexity index is 1370. The molecule has 0 aliphatic heterocycles. The van der Waals surface area contributed by atoms with Gasteiger partial charge in [-0.25, -0.2) is 4.98 Å². The third-order valence-electron chi connectivity index (χ3n) is 4.94. The highest BCUT2D eigenvalue weighted by molar-refractivity contribution is 6.33. The first-order valence-corrected chi connectivity index (χ1v) is 10.3. The number of hydrogen-bond donors (Lipinski definition) is 4. The van der Waals surface area contributed by atoms with E-state index in [0.717, 1.165) is 11.3 Å². The molecule has 1 aromatic carbocycles. The number of H-pyrrole nitrogens is 3. The number of hydrogen-bond acceptors (Lipinski definition) is 4. The third-order valence-corrected chi connectivity index (χ3v) is 5.35. The quantitative estimate of drug-likeness (QED) is 0.487. The lowest BCUT2D eigenvalue weighted by Gasteiger charge is -2.22. The van der Waals surface area contributed by atoms with Crippen molar-refractivity contribution < 1.29 is 5.11 Å². The van der Waals surface area contributed by atoms with Gasteiger partial charge in [0, 0.05) is 16.7 Å². The van der Waals surface area contributed by atoms with Crippen molar-refractivity contribution in [2.24, 2.45) is 0 Å². The Hall–Kier alpha value is -3.06. The molecule has 0 fully saturated rings. The minimum Gasteiger partial charge on any atom is -0.507 e.